The summed E-state index contributed by atoms with van der Waals surface area (Å²) in [4.78, 5) is 14.1. The minimum absolute atomic E-state index is 0.0578. The van der Waals surface area contributed by atoms with E-state index in [0.717, 1.165) is 31.7 Å². The normalized spacial score (nSPS) is 14.8. The zero-order chi connectivity index (χ0) is 17.6. The van der Waals surface area contributed by atoms with Crippen molar-refractivity contribution < 1.29 is 9.18 Å². The van der Waals surface area contributed by atoms with Gasteiger partial charge in [0.15, 0.2) is 11.6 Å². The van der Waals surface area contributed by atoms with Gasteiger partial charge in [-0.25, -0.2) is 4.39 Å². The molecule has 0 radical (unpaired) electrons. The first-order valence-corrected chi connectivity index (χ1v) is 8.17. The third kappa shape index (κ3) is 4.29. The molecule has 2 aromatic rings. The lowest BCUT2D eigenvalue weighted by molar-refractivity contribution is -0.115. The third-order valence-electron chi connectivity index (χ3n) is 4.23. The largest absolute Gasteiger partial charge is 0.355 e. The standard InChI is InChI=1S/C18H18FN5O/c19-15-4-2-1-3-14(15)11-18(25)21-16-5-6-17(23-22-16)24-9-7-13(12-20)8-10-24/h1-6,13H,7-11H2,(H,21,22,25). The molecule has 3 rings (SSSR count). The highest BCUT2D eigenvalue weighted by molar-refractivity contribution is 5.91. The Kier molecular flexibility index (Phi) is 5.19. The van der Waals surface area contributed by atoms with Crippen molar-refractivity contribution in [3.05, 3.63) is 47.8 Å². The van der Waals surface area contributed by atoms with Gasteiger partial charge >= 0.3 is 0 Å². The van der Waals surface area contributed by atoms with Gasteiger partial charge in [-0.15, -0.1) is 10.2 Å². The Labute approximate surface area is 145 Å². The van der Waals surface area contributed by atoms with Gasteiger partial charge in [-0.3, -0.25) is 4.79 Å². The van der Waals surface area contributed by atoms with E-state index in [0.29, 0.717) is 11.4 Å². The van der Waals surface area contributed by atoms with Crippen molar-refractivity contribution in [1.29, 1.82) is 5.26 Å². The van der Waals surface area contributed by atoms with Gasteiger partial charge in [0, 0.05) is 19.0 Å². The maximum atomic E-state index is 13.6. The number of carbonyl (C=O) groups excluding carboxylic acids is 1. The monoisotopic (exact) mass is 339 g/mol. The molecular weight excluding hydrogens is 321 g/mol. The number of nitrogens with zero attached hydrogens (tertiary/aromatic N) is 4. The maximum Gasteiger partial charge on any atom is 0.230 e. The van der Waals surface area contributed by atoms with Crippen LogP contribution < -0.4 is 10.2 Å². The van der Waals surface area contributed by atoms with Gasteiger partial charge in [-0.2, -0.15) is 5.26 Å². The van der Waals surface area contributed by atoms with Crippen LogP contribution >= 0.6 is 0 Å². The van der Waals surface area contributed by atoms with Gasteiger partial charge in [0.1, 0.15) is 5.82 Å². The lowest BCUT2D eigenvalue weighted by atomic mass is 9.99. The molecule has 1 aromatic heterocycles. The van der Waals surface area contributed by atoms with Crippen molar-refractivity contribution in [1.82, 2.24) is 10.2 Å². The van der Waals surface area contributed by atoms with Crippen molar-refractivity contribution in [2.45, 2.75) is 19.3 Å². The number of hydrogen-bond donors (Lipinski definition) is 1. The lowest BCUT2D eigenvalue weighted by Gasteiger charge is -2.29. The van der Waals surface area contributed by atoms with Crippen molar-refractivity contribution in [3.63, 3.8) is 0 Å². The van der Waals surface area contributed by atoms with E-state index in [-0.39, 0.29) is 18.2 Å². The third-order valence-corrected chi connectivity index (χ3v) is 4.23. The van der Waals surface area contributed by atoms with E-state index in [4.69, 9.17) is 5.26 Å². The summed E-state index contributed by atoms with van der Waals surface area (Å²) in [7, 11) is 0. The van der Waals surface area contributed by atoms with Crippen LogP contribution in [0, 0.1) is 23.1 Å². The lowest BCUT2D eigenvalue weighted by Crippen LogP contribution is -2.34. The highest BCUT2D eigenvalue weighted by Gasteiger charge is 2.20. The van der Waals surface area contributed by atoms with Crippen LogP contribution in [-0.2, 0) is 11.2 Å². The highest BCUT2D eigenvalue weighted by Crippen LogP contribution is 2.21. The van der Waals surface area contributed by atoms with Crippen LogP contribution in [0.4, 0.5) is 16.0 Å². The Morgan fingerprint density at radius 3 is 2.64 bits per heavy atom. The van der Waals surface area contributed by atoms with E-state index < -0.39 is 5.82 Å². The Hall–Kier alpha value is -3.01. The highest BCUT2D eigenvalue weighted by atomic mass is 19.1. The molecule has 0 bridgehead atoms. The number of piperidine rings is 1. The van der Waals surface area contributed by atoms with Gasteiger partial charge in [0.2, 0.25) is 5.91 Å². The van der Waals surface area contributed by atoms with Crippen LogP contribution in [0.5, 0.6) is 0 Å². The summed E-state index contributed by atoms with van der Waals surface area (Å²) < 4.78 is 13.6. The maximum absolute atomic E-state index is 13.6. The number of aromatic nitrogens is 2. The quantitative estimate of drug-likeness (QED) is 0.926. The van der Waals surface area contributed by atoms with Crippen molar-refractivity contribution in [3.8, 4) is 6.07 Å². The number of hydrogen-bond acceptors (Lipinski definition) is 5. The van der Waals surface area contributed by atoms with E-state index in [2.05, 4.69) is 26.5 Å². The van der Waals surface area contributed by atoms with E-state index in [1.807, 2.05) is 0 Å². The molecule has 7 heteroatoms. The fourth-order valence-corrected chi connectivity index (χ4v) is 2.80. The van der Waals surface area contributed by atoms with Gasteiger partial charge < -0.3 is 10.2 Å². The number of halogens is 1. The number of nitrogens with one attached hydrogen (secondary N) is 1. The van der Waals surface area contributed by atoms with Gasteiger partial charge in [-0.05, 0) is 36.6 Å². The van der Waals surface area contributed by atoms with Crippen LogP contribution in [-0.4, -0.2) is 29.2 Å². The first-order chi connectivity index (χ1) is 12.2. The van der Waals surface area contributed by atoms with Gasteiger partial charge in [0.05, 0.1) is 12.5 Å². The molecule has 0 aliphatic carbocycles. The zero-order valence-electron chi connectivity index (χ0n) is 13.7. The fraction of sp³-hybridized carbons (Fsp3) is 0.333. The summed E-state index contributed by atoms with van der Waals surface area (Å²) in [6.45, 7) is 1.54. The Morgan fingerprint density at radius 1 is 1.24 bits per heavy atom. The predicted octanol–water partition coefficient (Wildman–Crippen LogP) is 2.54. The molecule has 128 valence electrons. The second-order valence-corrected chi connectivity index (χ2v) is 5.98. The smallest absolute Gasteiger partial charge is 0.230 e. The summed E-state index contributed by atoms with van der Waals surface area (Å²) in [5, 5.41) is 19.7. The van der Waals surface area contributed by atoms with E-state index in [1.54, 1.807) is 30.3 Å². The van der Waals surface area contributed by atoms with Crippen LogP contribution in [0.25, 0.3) is 0 Å². The van der Waals surface area contributed by atoms with Crippen LogP contribution in [0.3, 0.4) is 0 Å². The number of anilines is 2. The van der Waals surface area contributed by atoms with Crippen LogP contribution in [0.15, 0.2) is 36.4 Å². The molecule has 25 heavy (non-hydrogen) atoms. The number of amides is 1. The number of nitriles is 1. The molecule has 1 fully saturated rings. The predicted molar refractivity (Wildman–Crippen MR) is 91.3 cm³/mol. The number of carbonyl (C=O) groups is 1. The first kappa shape index (κ1) is 16.8. The molecule has 1 aromatic carbocycles. The number of rotatable bonds is 4. The van der Waals surface area contributed by atoms with Gasteiger partial charge in [-0.1, -0.05) is 18.2 Å². The van der Waals surface area contributed by atoms with E-state index in [9.17, 15) is 9.18 Å². The van der Waals surface area contributed by atoms with Crippen LogP contribution in [0.2, 0.25) is 0 Å². The topological polar surface area (TPSA) is 81.9 Å². The molecule has 1 aliphatic rings. The Morgan fingerprint density at radius 2 is 2.00 bits per heavy atom. The van der Waals surface area contributed by atoms with Gasteiger partial charge in [0.25, 0.3) is 0 Å². The average molecular weight is 339 g/mol. The first-order valence-electron chi connectivity index (χ1n) is 8.17. The summed E-state index contributed by atoms with van der Waals surface area (Å²) in [6, 6.07) is 11.9. The van der Waals surface area contributed by atoms with Crippen molar-refractivity contribution in [2.75, 3.05) is 23.3 Å². The molecule has 0 atom stereocenters. The fourth-order valence-electron chi connectivity index (χ4n) is 2.80. The molecular formula is C18H18FN5O. The van der Waals surface area contributed by atoms with Crippen molar-refractivity contribution >= 4 is 17.5 Å². The average Bonchev–Trinajstić information content (AvgIpc) is 2.64. The summed E-state index contributed by atoms with van der Waals surface area (Å²) in [5.74, 6) is 0.420. The zero-order valence-corrected chi connectivity index (χ0v) is 13.7. The Bertz CT molecular complexity index is 779. The molecule has 1 N–H and O–H groups in total. The molecule has 0 unspecified atom stereocenters. The Balaban J connectivity index is 1.57. The SMILES string of the molecule is N#CC1CCN(c2ccc(NC(=O)Cc3ccccc3F)nn2)CC1. The molecule has 0 saturated carbocycles. The second kappa shape index (κ2) is 7.71. The van der Waals surface area contributed by atoms with E-state index >= 15 is 0 Å². The molecule has 6 nitrogen and oxygen atoms in total. The van der Waals surface area contributed by atoms with E-state index in [1.165, 1.54) is 6.07 Å². The van der Waals surface area contributed by atoms with Crippen LogP contribution in [0.1, 0.15) is 18.4 Å². The molecule has 1 amide bonds. The molecule has 1 aliphatic heterocycles. The minimum Gasteiger partial charge on any atom is -0.355 e. The second-order valence-electron chi connectivity index (χ2n) is 5.98. The molecule has 1 saturated heterocycles. The minimum atomic E-state index is -0.403. The number of benzene rings is 1. The van der Waals surface area contributed by atoms with Crippen molar-refractivity contribution in [2.24, 2.45) is 5.92 Å². The summed E-state index contributed by atoms with van der Waals surface area (Å²) in [5.41, 5.74) is 0.338. The summed E-state index contributed by atoms with van der Waals surface area (Å²) >= 11 is 0. The molecule has 2 heterocycles. The molecule has 0 spiro atoms. The summed E-state index contributed by atoms with van der Waals surface area (Å²) in [6.07, 6.45) is 1.58.